The van der Waals surface area contributed by atoms with Crippen LogP contribution in [-0.4, -0.2) is 13.7 Å². The summed E-state index contributed by atoms with van der Waals surface area (Å²) in [6, 6.07) is 11.9. The van der Waals surface area contributed by atoms with E-state index in [0.717, 1.165) is 15.0 Å². The summed E-state index contributed by atoms with van der Waals surface area (Å²) in [5.41, 5.74) is 5.86. The standard InChI is InChI=1S/C13H14ClNOS2/c1-16-9-4-2-3-5-10(9)17-12(8-15)11-6-7-13(14)18-11/h2-7,12H,8,15H2,1H3. The van der Waals surface area contributed by atoms with Crippen LogP contribution in [0.2, 0.25) is 4.34 Å². The molecule has 2 nitrogen and oxygen atoms in total. The van der Waals surface area contributed by atoms with E-state index in [2.05, 4.69) is 0 Å². The predicted molar refractivity (Wildman–Crippen MR) is 80.0 cm³/mol. The minimum absolute atomic E-state index is 0.207. The van der Waals surface area contributed by atoms with E-state index >= 15 is 0 Å². The fraction of sp³-hybridized carbons (Fsp3) is 0.231. The maximum atomic E-state index is 5.97. The molecule has 0 fully saturated rings. The van der Waals surface area contributed by atoms with Crippen LogP contribution in [0, 0.1) is 0 Å². The largest absolute Gasteiger partial charge is 0.496 e. The van der Waals surface area contributed by atoms with E-state index in [1.54, 1.807) is 30.2 Å². The highest BCUT2D eigenvalue weighted by atomic mass is 35.5. The Bertz CT molecular complexity index is 515. The van der Waals surface area contributed by atoms with Crippen molar-refractivity contribution in [3.05, 3.63) is 45.6 Å². The van der Waals surface area contributed by atoms with Crippen molar-refractivity contribution in [3.8, 4) is 5.75 Å². The van der Waals surface area contributed by atoms with Gasteiger partial charge in [-0.2, -0.15) is 0 Å². The normalized spacial score (nSPS) is 12.4. The third-order valence-electron chi connectivity index (χ3n) is 2.46. The Kier molecular flexibility index (Phi) is 4.95. The van der Waals surface area contributed by atoms with Crippen molar-refractivity contribution < 1.29 is 4.74 Å². The molecule has 1 heterocycles. The second-order valence-electron chi connectivity index (χ2n) is 3.63. The predicted octanol–water partition coefficient (Wildman–Crippen LogP) is 4.20. The molecule has 2 aromatic rings. The van der Waals surface area contributed by atoms with Gasteiger partial charge >= 0.3 is 0 Å². The number of ether oxygens (including phenoxy) is 1. The number of nitrogens with two attached hydrogens (primary N) is 1. The Morgan fingerprint density at radius 1 is 1.33 bits per heavy atom. The second-order valence-corrected chi connectivity index (χ2v) is 6.63. The molecule has 0 amide bonds. The smallest absolute Gasteiger partial charge is 0.132 e. The first-order valence-corrected chi connectivity index (χ1v) is 7.57. The Labute approximate surface area is 120 Å². The van der Waals surface area contributed by atoms with Crippen LogP contribution in [0.4, 0.5) is 0 Å². The van der Waals surface area contributed by atoms with Gasteiger partial charge in [0.25, 0.3) is 0 Å². The van der Waals surface area contributed by atoms with E-state index in [1.165, 1.54) is 4.88 Å². The molecule has 0 spiro atoms. The number of hydrogen-bond acceptors (Lipinski definition) is 4. The molecule has 0 radical (unpaired) electrons. The van der Waals surface area contributed by atoms with Gasteiger partial charge in [0.15, 0.2) is 0 Å². The summed E-state index contributed by atoms with van der Waals surface area (Å²) in [5, 5.41) is 0.207. The summed E-state index contributed by atoms with van der Waals surface area (Å²) in [6.45, 7) is 0.569. The lowest BCUT2D eigenvalue weighted by Gasteiger charge is -2.14. The van der Waals surface area contributed by atoms with Gasteiger partial charge in [-0.25, -0.2) is 0 Å². The average molecular weight is 300 g/mol. The molecule has 2 N–H and O–H groups in total. The Morgan fingerprint density at radius 2 is 2.11 bits per heavy atom. The summed E-state index contributed by atoms with van der Waals surface area (Å²) in [5.74, 6) is 0.878. The lowest BCUT2D eigenvalue weighted by atomic mass is 10.3. The van der Waals surface area contributed by atoms with Crippen LogP contribution < -0.4 is 10.5 Å². The molecule has 0 aliphatic rings. The van der Waals surface area contributed by atoms with Crippen molar-refractivity contribution >= 4 is 34.7 Å². The zero-order valence-electron chi connectivity index (χ0n) is 9.93. The highest BCUT2D eigenvalue weighted by molar-refractivity contribution is 7.99. The van der Waals surface area contributed by atoms with Crippen LogP contribution in [0.25, 0.3) is 0 Å². The number of para-hydroxylation sites is 1. The van der Waals surface area contributed by atoms with E-state index in [4.69, 9.17) is 22.1 Å². The molecule has 5 heteroatoms. The first-order chi connectivity index (χ1) is 8.74. The molecule has 0 aliphatic carbocycles. The Morgan fingerprint density at radius 3 is 2.72 bits per heavy atom. The molecule has 96 valence electrons. The molecule has 1 aromatic heterocycles. The third kappa shape index (κ3) is 3.20. The highest BCUT2D eigenvalue weighted by Crippen LogP contribution is 2.42. The zero-order valence-corrected chi connectivity index (χ0v) is 12.3. The van der Waals surface area contributed by atoms with Gasteiger partial charge in [-0.15, -0.1) is 23.1 Å². The van der Waals surface area contributed by atoms with Crippen molar-refractivity contribution in [3.63, 3.8) is 0 Å². The fourth-order valence-corrected chi connectivity index (χ4v) is 3.96. The van der Waals surface area contributed by atoms with E-state index in [0.29, 0.717) is 6.54 Å². The number of benzene rings is 1. The molecule has 18 heavy (non-hydrogen) atoms. The van der Waals surface area contributed by atoms with Gasteiger partial charge in [0.2, 0.25) is 0 Å². The van der Waals surface area contributed by atoms with Crippen LogP contribution in [-0.2, 0) is 0 Å². The molecule has 1 aromatic carbocycles. The molecule has 1 unspecified atom stereocenters. The summed E-state index contributed by atoms with van der Waals surface area (Å²) in [7, 11) is 1.68. The lowest BCUT2D eigenvalue weighted by Crippen LogP contribution is -2.08. The number of thioether (sulfide) groups is 1. The van der Waals surface area contributed by atoms with Crippen molar-refractivity contribution in [2.45, 2.75) is 10.1 Å². The fourth-order valence-electron chi connectivity index (χ4n) is 1.59. The summed E-state index contributed by atoms with van der Waals surface area (Å²) in [4.78, 5) is 2.29. The van der Waals surface area contributed by atoms with Gasteiger partial charge in [0, 0.05) is 11.4 Å². The monoisotopic (exact) mass is 299 g/mol. The van der Waals surface area contributed by atoms with Crippen molar-refractivity contribution in [1.82, 2.24) is 0 Å². The molecule has 2 rings (SSSR count). The van der Waals surface area contributed by atoms with Crippen LogP contribution >= 0.6 is 34.7 Å². The molecular weight excluding hydrogens is 286 g/mol. The SMILES string of the molecule is COc1ccccc1SC(CN)c1ccc(Cl)s1. The Hall–Kier alpha value is -0.680. The van der Waals surface area contributed by atoms with Crippen LogP contribution in [0.15, 0.2) is 41.3 Å². The van der Waals surface area contributed by atoms with E-state index in [-0.39, 0.29) is 5.25 Å². The van der Waals surface area contributed by atoms with Crippen LogP contribution in [0.1, 0.15) is 10.1 Å². The van der Waals surface area contributed by atoms with Gasteiger partial charge in [0.1, 0.15) is 5.75 Å². The van der Waals surface area contributed by atoms with Crippen LogP contribution in [0.3, 0.4) is 0 Å². The molecule has 0 aliphatic heterocycles. The van der Waals surface area contributed by atoms with Gasteiger partial charge in [0.05, 0.1) is 21.6 Å². The number of halogens is 1. The van der Waals surface area contributed by atoms with E-state index < -0.39 is 0 Å². The summed E-state index contributed by atoms with van der Waals surface area (Å²) >= 11 is 9.25. The number of thiophene rings is 1. The molecule has 0 saturated carbocycles. The van der Waals surface area contributed by atoms with Crippen molar-refractivity contribution in [2.75, 3.05) is 13.7 Å². The highest BCUT2D eigenvalue weighted by Gasteiger charge is 2.15. The quantitative estimate of drug-likeness (QED) is 0.840. The van der Waals surface area contributed by atoms with Gasteiger partial charge in [-0.05, 0) is 24.3 Å². The van der Waals surface area contributed by atoms with Crippen LogP contribution in [0.5, 0.6) is 5.75 Å². The topological polar surface area (TPSA) is 35.2 Å². The maximum Gasteiger partial charge on any atom is 0.132 e. The first-order valence-electron chi connectivity index (χ1n) is 5.49. The van der Waals surface area contributed by atoms with Crippen molar-refractivity contribution in [1.29, 1.82) is 0 Å². The second kappa shape index (κ2) is 6.48. The van der Waals surface area contributed by atoms with Gasteiger partial charge in [-0.1, -0.05) is 23.7 Å². The molecule has 1 atom stereocenters. The van der Waals surface area contributed by atoms with Gasteiger partial charge < -0.3 is 10.5 Å². The third-order valence-corrected chi connectivity index (χ3v) is 5.28. The maximum absolute atomic E-state index is 5.97. The summed E-state index contributed by atoms with van der Waals surface area (Å²) in [6.07, 6.45) is 0. The zero-order chi connectivity index (χ0) is 13.0. The molecular formula is C13H14ClNOS2. The van der Waals surface area contributed by atoms with E-state index in [9.17, 15) is 0 Å². The van der Waals surface area contributed by atoms with Gasteiger partial charge in [-0.3, -0.25) is 0 Å². The average Bonchev–Trinajstić information content (AvgIpc) is 2.83. The molecule has 0 saturated heterocycles. The Balaban J connectivity index is 2.20. The van der Waals surface area contributed by atoms with Crippen molar-refractivity contribution in [2.24, 2.45) is 5.73 Å². The molecule has 0 bridgehead atoms. The van der Waals surface area contributed by atoms with E-state index in [1.807, 2.05) is 36.4 Å². The number of hydrogen-bond donors (Lipinski definition) is 1. The minimum Gasteiger partial charge on any atom is -0.496 e. The number of rotatable bonds is 5. The minimum atomic E-state index is 0.207. The first kappa shape index (κ1) is 13.7. The summed E-state index contributed by atoms with van der Waals surface area (Å²) < 4.78 is 6.14. The number of methoxy groups -OCH3 is 1. The lowest BCUT2D eigenvalue weighted by molar-refractivity contribution is 0.405.